The molecule has 0 bridgehead atoms. The highest BCUT2D eigenvalue weighted by Gasteiger charge is 2.41. The number of aryl methyl sites for hydroxylation is 1. The molecule has 0 aliphatic heterocycles. The number of carboxylic acids is 1. The fourth-order valence-corrected chi connectivity index (χ4v) is 2.76. The molecule has 1 aliphatic rings. The number of thiazole rings is 1. The molecule has 1 fully saturated rings. The van der Waals surface area contributed by atoms with Crippen LogP contribution < -0.4 is 5.32 Å². The van der Waals surface area contributed by atoms with E-state index in [2.05, 4.69) is 10.3 Å². The Morgan fingerprint density at radius 3 is 3.05 bits per heavy atom. The summed E-state index contributed by atoms with van der Waals surface area (Å²) in [6.45, 7) is 1.74. The standard InChI is InChI=1S/C13H20N2O3S/c1-18-7-6-13(4-5-13)9-14-12-15-10(8-19-12)2-3-11(16)17/h8H,2-7,9H2,1H3,(H,14,15)(H,16,17). The molecular formula is C13H20N2O3S. The van der Waals surface area contributed by atoms with Crippen molar-refractivity contribution in [2.45, 2.75) is 32.1 Å². The normalized spacial score (nSPS) is 16.3. The number of nitrogens with one attached hydrogen (secondary N) is 1. The van der Waals surface area contributed by atoms with Gasteiger partial charge in [-0.3, -0.25) is 4.79 Å². The molecule has 0 atom stereocenters. The van der Waals surface area contributed by atoms with Gasteiger partial charge in [0.15, 0.2) is 5.13 Å². The number of hydrogen-bond donors (Lipinski definition) is 2. The minimum absolute atomic E-state index is 0.140. The van der Waals surface area contributed by atoms with Crippen LogP contribution in [0.4, 0.5) is 5.13 Å². The fraction of sp³-hybridized carbons (Fsp3) is 0.692. The van der Waals surface area contributed by atoms with Crippen molar-refractivity contribution in [3.8, 4) is 0 Å². The predicted octanol–water partition coefficient (Wildman–Crippen LogP) is 2.39. The van der Waals surface area contributed by atoms with Crippen LogP contribution in [0.15, 0.2) is 5.38 Å². The van der Waals surface area contributed by atoms with Crippen LogP contribution >= 0.6 is 11.3 Å². The van der Waals surface area contributed by atoms with Gasteiger partial charge in [0, 0.05) is 32.1 Å². The monoisotopic (exact) mass is 284 g/mol. The van der Waals surface area contributed by atoms with Gasteiger partial charge in [0.05, 0.1) is 12.1 Å². The first-order chi connectivity index (χ1) is 9.13. The molecule has 2 rings (SSSR count). The highest BCUT2D eigenvalue weighted by atomic mass is 32.1. The van der Waals surface area contributed by atoms with Crippen LogP contribution in [0.1, 0.15) is 31.4 Å². The van der Waals surface area contributed by atoms with Gasteiger partial charge in [0.1, 0.15) is 0 Å². The molecule has 19 heavy (non-hydrogen) atoms. The van der Waals surface area contributed by atoms with Gasteiger partial charge in [-0.05, 0) is 24.7 Å². The van der Waals surface area contributed by atoms with Gasteiger partial charge in [-0.2, -0.15) is 0 Å². The lowest BCUT2D eigenvalue weighted by Crippen LogP contribution is -2.17. The SMILES string of the molecule is COCCC1(CNc2nc(CCC(=O)O)cs2)CC1. The molecule has 2 N–H and O–H groups in total. The van der Waals surface area contributed by atoms with Crippen molar-refractivity contribution >= 4 is 22.4 Å². The van der Waals surface area contributed by atoms with Gasteiger partial charge < -0.3 is 15.2 Å². The van der Waals surface area contributed by atoms with E-state index in [0.717, 1.165) is 30.4 Å². The minimum Gasteiger partial charge on any atom is -0.481 e. The second-order valence-electron chi connectivity index (χ2n) is 5.13. The van der Waals surface area contributed by atoms with Crippen LogP contribution in [0.2, 0.25) is 0 Å². The third-order valence-corrected chi connectivity index (χ3v) is 4.40. The molecule has 0 saturated heterocycles. The van der Waals surface area contributed by atoms with E-state index in [0.29, 0.717) is 11.8 Å². The molecule has 0 amide bonds. The van der Waals surface area contributed by atoms with Gasteiger partial charge in [0.25, 0.3) is 0 Å². The average Bonchev–Trinajstić information content (AvgIpc) is 3.02. The third kappa shape index (κ3) is 4.47. The lowest BCUT2D eigenvalue weighted by Gasteiger charge is -2.14. The highest BCUT2D eigenvalue weighted by Crippen LogP contribution is 2.48. The molecular weight excluding hydrogens is 264 g/mol. The number of methoxy groups -OCH3 is 1. The summed E-state index contributed by atoms with van der Waals surface area (Å²) in [7, 11) is 1.74. The molecule has 0 radical (unpaired) electrons. The van der Waals surface area contributed by atoms with Crippen molar-refractivity contribution in [1.29, 1.82) is 0 Å². The maximum Gasteiger partial charge on any atom is 0.303 e. The number of ether oxygens (including phenoxy) is 1. The van der Waals surface area contributed by atoms with Crippen molar-refractivity contribution in [3.05, 3.63) is 11.1 Å². The zero-order chi connectivity index (χ0) is 13.7. The Morgan fingerprint density at radius 2 is 2.42 bits per heavy atom. The first-order valence-electron chi connectivity index (χ1n) is 6.53. The van der Waals surface area contributed by atoms with Crippen LogP contribution in [-0.2, 0) is 16.0 Å². The maximum absolute atomic E-state index is 10.5. The van der Waals surface area contributed by atoms with Gasteiger partial charge >= 0.3 is 5.97 Å². The number of carboxylic acid groups (broad SMARTS) is 1. The molecule has 0 spiro atoms. The predicted molar refractivity (Wildman–Crippen MR) is 74.7 cm³/mol. The van der Waals surface area contributed by atoms with Gasteiger partial charge in [0.2, 0.25) is 0 Å². The van der Waals surface area contributed by atoms with Crippen LogP contribution in [0, 0.1) is 5.41 Å². The summed E-state index contributed by atoms with van der Waals surface area (Å²) in [5.41, 5.74) is 1.25. The number of anilines is 1. The van der Waals surface area contributed by atoms with E-state index in [-0.39, 0.29) is 6.42 Å². The molecule has 1 heterocycles. The Kier molecular flexibility index (Phi) is 4.76. The molecule has 0 unspecified atom stereocenters. The van der Waals surface area contributed by atoms with Gasteiger partial charge in [-0.1, -0.05) is 0 Å². The molecule has 106 valence electrons. The molecule has 1 aliphatic carbocycles. The lowest BCUT2D eigenvalue weighted by molar-refractivity contribution is -0.136. The summed E-state index contributed by atoms with van der Waals surface area (Å²) in [6.07, 6.45) is 4.23. The Hall–Kier alpha value is -1.14. The molecule has 5 nitrogen and oxygen atoms in total. The van der Waals surface area contributed by atoms with E-state index in [9.17, 15) is 4.79 Å². The summed E-state index contributed by atoms with van der Waals surface area (Å²) in [5, 5.41) is 14.8. The minimum atomic E-state index is -0.779. The second kappa shape index (κ2) is 6.34. The fourth-order valence-electron chi connectivity index (χ4n) is 2.01. The van der Waals surface area contributed by atoms with Gasteiger partial charge in [-0.25, -0.2) is 4.98 Å². The first-order valence-corrected chi connectivity index (χ1v) is 7.40. The quantitative estimate of drug-likeness (QED) is 0.728. The molecule has 0 aromatic carbocycles. The number of nitrogens with zero attached hydrogens (tertiary/aromatic N) is 1. The second-order valence-corrected chi connectivity index (χ2v) is 5.99. The summed E-state index contributed by atoms with van der Waals surface area (Å²) >= 11 is 1.55. The zero-order valence-corrected chi connectivity index (χ0v) is 12.0. The van der Waals surface area contributed by atoms with Crippen LogP contribution in [-0.4, -0.2) is 36.3 Å². The number of rotatable bonds is 9. The Labute approximate surface area is 117 Å². The van der Waals surface area contributed by atoms with Crippen molar-refractivity contribution in [2.24, 2.45) is 5.41 Å². The van der Waals surface area contributed by atoms with Crippen LogP contribution in [0.3, 0.4) is 0 Å². The van der Waals surface area contributed by atoms with Crippen molar-refractivity contribution in [3.63, 3.8) is 0 Å². The summed E-state index contributed by atoms with van der Waals surface area (Å²) in [4.78, 5) is 14.9. The van der Waals surface area contributed by atoms with Crippen molar-refractivity contribution in [2.75, 3.05) is 25.6 Å². The lowest BCUT2D eigenvalue weighted by atomic mass is 10.0. The molecule has 6 heteroatoms. The topological polar surface area (TPSA) is 71.5 Å². The summed E-state index contributed by atoms with van der Waals surface area (Å²) in [5.74, 6) is -0.779. The molecule has 1 saturated carbocycles. The maximum atomic E-state index is 10.5. The number of aromatic nitrogens is 1. The average molecular weight is 284 g/mol. The smallest absolute Gasteiger partial charge is 0.303 e. The van der Waals surface area contributed by atoms with Crippen molar-refractivity contribution in [1.82, 2.24) is 4.98 Å². The largest absolute Gasteiger partial charge is 0.481 e. The Balaban J connectivity index is 1.75. The molecule has 1 aromatic rings. The summed E-state index contributed by atoms with van der Waals surface area (Å²) in [6, 6.07) is 0. The van der Waals surface area contributed by atoms with E-state index >= 15 is 0 Å². The van der Waals surface area contributed by atoms with E-state index < -0.39 is 5.97 Å². The number of hydrogen-bond acceptors (Lipinski definition) is 5. The van der Waals surface area contributed by atoms with Crippen LogP contribution in [0.5, 0.6) is 0 Å². The zero-order valence-electron chi connectivity index (χ0n) is 11.1. The Morgan fingerprint density at radius 1 is 1.63 bits per heavy atom. The van der Waals surface area contributed by atoms with Crippen LogP contribution in [0.25, 0.3) is 0 Å². The number of aliphatic carboxylic acids is 1. The highest BCUT2D eigenvalue weighted by molar-refractivity contribution is 7.13. The van der Waals surface area contributed by atoms with E-state index in [4.69, 9.17) is 9.84 Å². The Bertz CT molecular complexity index is 429. The van der Waals surface area contributed by atoms with Crippen molar-refractivity contribution < 1.29 is 14.6 Å². The number of carbonyl (C=O) groups is 1. The first kappa shape index (κ1) is 14.3. The van der Waals surface area contributed by atoms with E-state index in [1.807, 2.05) is 5.38 Å². The summed E-state index contributed by atoms with van der Waals surface area (Å²) < 4.78 is 5.13. The third-order valence-electron chi connectivity index (χ3n) is 3.55. The van der Waals surface area contributed by atoms with E-state index in [1.54, 1.807) is 18.4 Å². The van der Waals surface area contributed by atoms with E-state index in [1.165, 1.54) is 12.8 Å². The van der Waals surface area contributed by atoms with Gasteiger partial charge in [-0.15, -0.1) is 11.3 Å². The molecule has 1 aromatic heterocycles.